The van der Waals surface area contributed by atoms with Gasteiger partial charge in [0.2, 0.25) is 0 Å². The number of hydrogen-bond donors (Lipinski definition) is 2. The van der Waals surface area contributed by atoms with E-state index in [-0.39, 0.29) is 13.2 Å². The maximum Gasteiger partial charge on any atom is 0.0938 e. The Morgan fingerprint density at radius 3 is 2.58 bits per heavy atom. The van der Waals surface area contributed by atoms with Crippen molar-refractivity contribution in [1.82, 2.24) is 4.98 Å². The lowest BCUT2D eigenvalue weighted by Crippen LogP contribution is -2.37. The number of aryl methyl sites for hydroxylation is 1. The summed E-state index contributed by atoms with van der Waals surface area (Å²) in [5.41, 5.74) is 1.04. The van der Waals surface area contributed by atoms with Gasteiger partial charge in [-0.05, 0) is 24.6 Å². The quantitative estimate of drug-likeness (QED) is 0.892. The highest BCUT2D eigenvalue weighted by Crippen LogP contribution is 2.30. The van der Waals surface area contributed by atoms with E-state index in [9.17, 15) is 10.2 Å². The van der Waals surface area contributed by atoms with Crippen LogP contribution in [0, 0.1) is 6.92 Å². The molecule has 1 aromatic heterocycles. The van der Waals surface area contributed by atoms with E-state index in [0.29, 0.717) is 11.4 Å². The Bertz CT molecular complexity index is 552. The van der Waals surface area contributed by atoms with E-state index in [2.05, 4.69) is 4.98 Å². The van der Waals surface area contributed by atoms with Gasteiger partial charge >= 0.3 is 0 Å². The van der Waals surface area contributed by atoms with Crippen LogP contribution in [0.4, 0.5) is 0 Å². The molecule has 0 aliphatic heterocycles. The molecule has 0 fully saturated rings. The summed E-state index contributed by atoms with van der Waals surface area (Å²) in [4.78, 5) is 4.40. The van der Waals surface area contributed by atoms with Crippen molar-refractivity contribution < 1.29 is 10.2 Å². The van der Waals surface area contributed by atoms with E-state index >= 15 is 0 Å². The highest BCUT2D eigenvalue weighted by molar-refractivity contribution is 7.09. The highest BCUT2D eigenvalue weighted by Gasteiger charge is 2.32. The number of halogens is 1. The first-order valence-electron chi connectivity index (χ1n) is 5.98. The Hall–Kier alpha value is -0.940. The second-order valence-electron chi connectivity index (χ2n) is 4.67. The molecule has 0 atom stereocenters. The Morgan fingerprint density at radius 1 is 1.32 bits per heavy atom. The molecule has 19 heavy (non-hydrogen) atoms. The van der Waals surface area contributed by atoms with Gasteiger partial charge in [-0.15, -0.1) is 11.3 Å². The molecule has 0 saturated heterocycles. The molecule has 0 radical (unpaired) electrons. The number of thiazole rings is 1. The summed E-state index contributed by atoms with van der Waals surface area (Å²) in [6.45, 7) is 1.63. The summed E-state index contributed by atoms with van der Waals surface area (Å²) < 4.78 is 0. The lowest BCUT2D eigenvalue weighted by Gasteiger charge is -2.29. The minimum atomic E-state index is -0.741. The zero-order chi connectivity index (χ0) is 13.9. The molecule has 0 amide bonds. The smallest absolute Gasteiger partial charge is 0.0938 e. The number of aliphatic hydroxyl groups is 2. The summed E-state index contributed by atoms with van der Waals surface area (Å²) in [6.07, 6.45) is 0.499. The summed E-state index contributed by atoms with van der Waals surface area (Å²) >= 11 is 7.54. The third-order valence-electron chi connectivity index (χ3n) is 3.20. The average molecular weight is 298 g/mol. The summed E-state index contributed by atoms with van der Waals surface area (Å²) in [6, 6.07) is 7.26. The van der Waals surface area contributed by atoms with Gasteiger partial charge in [0.1, 0.15) is 0 Å². The fourth-order valence-corrected chi connectivity index (χ4v) is 3.14. The second-order valence-corrected chi connectivity index (χ2v) is 6.05. The van der Waals surface area contributed by atoms with Crippen molar-refractivity contribution in [3.63, 3.8) is 0 Å². The molecule has 3 nitrogen and oxygen atoms in total. The van der Waals surface area contributed by atoms with Crippen LogP contribution in [0.2, 0.25) is 5.02 Å². The monoisotopic (exact) mass is 297 g/mol. The van der Waals surface area contributed by atoms with Gasteiger partial charge in [-0.3, -0.25) is 0 Å². The van der Waals surface area contributed by atoms with E-state index in [1.165, 1.54) is 11.3 Å². The summed E-state index contributed by atoms with van der Waals surface area (Å²) in [5.74, 6) is 0. The van der Waals surface area contributed by atoms with Crippen LogP contribution in [0.25, 0.3) is 0 Å². The Labute approximate surface area is 121 Å². The Balaban J connectivity index is 2.37. The first-order chi connectivity index (χ1) is 9.09. The number of aliphatic hydroxyl groups excluding tert-OH is 2. The molecule has 5 heteroatoms. The van der Waals surface area contributed by atoms with E-state index in [0.717, 1.165) is 16.3 Å². The van der Waals surface area contributed by atoms with Crippen LogP contribution in [0.15, 0.2) is 29.6 Å². The van der Waals surface area contributed by atoms with Gasteiger partial charge in [0.15, 0.2) is 0 Å². The third-order valence-corrected chi connectivity index (χ3v) is 4.40. The van der Waals surface area contributed by atoms with Crippen molar-refractivity contribution in [2.45, 2.75) is 18.8 Å². The van der Waals surface area contributed by atoms with Crippen molar-refractivity contribution in [3.05, 3.63) is 50.9 Å². The maximum absolute atomic E-state index is 9.76. The van der Waals surface area contributed by atoms with Crippen LogP contribution in [0.5, 0.6) is 0 Å². The molecule has 2 aromatic rings. The van der Waals surface area contributed by atoms with E-state index in [4.69, 9.17) is 11.6 Å². The van der Waals surface area contributed by atoms with Gasteiger partial charge in [-0.1, -0.05) is 23.7 Å². The normalized spacial score (nSPS) is 11.8. The number of hydrogen-bond acceptors (Lipinski definition) is 4. The molecule has 1 heterocycles. The molecule has 0 bridgehead atoms. The fraction of sp³-hybridized carbons (Fsp3) is 0.357. The molecule has 0 aliphatic rings. The lowest BCUT2D eigenvalue weighted by atomic mass is 9.79. The lowest BCUT2D eigenvalue weighted by molar-refractivity contribution is 0.116. The third kappa shape index (κ3) is 3.15. The van der Waals surface area contributed by atoms with Gasteiger partial charge in [-0.25, -0.2) is 4.98 Å². The largest absolute Gasteiger partial charge is 0.395 e. The maximum atomic E-state index is 9.76. The van der Waals surface area contributed by atoms with Crippen LogP contribution in [-0.2, 0) is 11.8 Å². The summed E-state index contributed by atoms with van der Waals surface area (Å²) in [5, 5.41) is 23.0. The van der Waals surface area contributed by atoms with Gasteiger partial charge in [0.05, 0.1) is 18.2 Å². The van der Waals surface area contributed by atoms with Crippen molar-refractivity contribution in [1.29, 1.82) is 0 Å². The molecule has 0 saturated carbocycles. The number of nitrogens with zero attached hydrogens (tertiary/aromatic N) is 1. The van der Waals surface area contributed by atoms with Gasteiger partial charge in [0.25, 0.3) is 0 Å². The molecule has 0 aliphatic carbocycles. The molecule has 1 aromatic carbocycles. The Morgan fingerprint density at radius 2 is 2.05 bits per heavy atom. The first kappa shape index (κ1) is 14.5. The topological polar surface area (TPSA) is 53.4 Å². The zero-order valence-electron chi connectivity index (χ0n) is 10.6. The standard InChI is InChI=1S/C14H16ClNO2S/c1-10-7-19-13(16-10)6-14(8-17,9-18)11-3-2-4-12(15)5-11/h2-5,7,17-18H,6,8-9H2,1H3. The Kier molecular flexibility index (Phi) is 4.58. The molecule has 2 rings (SSSR count). The minimum Gasteiger partial charge on any atom is -0.395 e. The van der Waals surface area contributed by atoms with Gasteiger partial charge < -0.3 is 10.2 Å². The van der Waals surface area contributed by atoms with Crippen LogP contribution < -0.4 is 0 Å². The van der Waals surface area contributed by atoms with Crippen LogP contribution in [0.1, 0.15) is 16.3 Å². The number of rotatable bonds is 5. The zero-order valence-corrected chi connectivity index (χ0v) is 12.2. The number of aromatic nitrogens is 1. The molecule has 102 valence electrons. The number of benzene rings is 1. The fourth-order valence-electron chi connectivity index (χ4n) is 2.04. The van der Waals surface area contributed by atoms with Crippen LogP contribution >= 0.6 is 22.9 Å². The van der Waals surface area contributed by atoms with E-state index in [1.807, 2.05) is 24.4 Å². The molecule has 2 N–H and O–H groups in total. The SMILES string of the molecule is Cc1csc(CC(CO)(CO)c2cccc(Cl)c2)n1. The predicted molar refractivity (Wildman–Crippen MR) is 77.9 cm³/mol. The minimum absolute atomic E-state index is 0.150. The van der Waals surface area contributed by atoms with Crippen LogP contribution in [-0.4, -0.2) is 28.4 Å². The van der Waals surface area contributed by atoms with Crippen molar-refractivity contribution >= 4 is 22.9 Å². The highest BCUT2D eigenvalue weighted by atomic mass is 35.5. The molecular weight excluding hydrogens is 282 g/mol. The van der Waals surface area contributed by atoms with Crippen molar-refractivity contribution in [2.75, 3.05) is 13.2 Å². The van der Waals surface area contributed by atoms with Gasteiger partial charge in [-0.2, -0.15) is 0 Å². The summed E-state index contributed by atoms with van der Waals surface area (Å²) in [7, 11) is 0. The molecular formula is C14H16ClNO2S. The first-order valence-corrected chi connectivity index (χ1v) is 7.24. The molecule has 0 unspecified atom stereocenters. The van der Waals surface area contributed by atoms with Gasteiger partial charge in [0, 0.05) is 27.9 Å². The predicted octanol–water partition coefficient (Wildman–Crippen LogP) is 2.57. The molecule has 0 spiro atoms. The van der Waals surface area contributed by atoms with Crippen molar-refractivity contribution in [2.24, 2.45) is 0 Å². The second kappa shape index (κ2) is 6.01. The van der Waals surface area contributed by atoms with E-state index < -0.39 is 5.41 Å². The van der Waals surface area contributed by atoms with Crippen molar-refractivity contribution in [3.8, 4) is 0 Å². The van der Waals surface area contributed by atoms with Crippen LogP contribution in [0.3, 0.4) is 0 Å². The van der Waals surface area contributed by atoms with E-state index in [1.54, 1.807) is 12.1 Å². The average Bonchev–Trinajstić information content (AvgIpc) is 2.81.